The summed E-state index contributed by atoms with van der Waals surface area (Å²) in [7, 11) is 0. The zero-order chi connectivity index (χ0) is 27.4. The number of nitrogens with zero attached hydrogens (tertiary/aromatic N) is 1. The molecule has 0 radical (unpaired) electrons. The quantitative estimate of drug-likeness (QED) is 0.346. The Morgan fingerprint density at radius 1 is 0.842 bits per heavy atom. The number of hydrogen-bond donors (Lipinski definition) is 0. The lowest BCUT2D eigenvalue weighted by Gasteiger charge is -2.72. The number of rotatable bonds is 2. The number of allylic oxidation sites excluding steroid dienone is 2. The first-order chi connectivity index (χ1) is 17.7. The van der Waals surface area contributed by atoms with Crippen LogP contribution < -0.4 is 0 Å². The molecule has 1 aliphatic heterocycles. The van der Waals surface area contributed by atoms with Crippen LogP contribution in [0.5, 0.6) is 0 Å². The highest BCUT2D eigenvalue weighted by atomic mass is 16.5. The van der Waals surface area contributed by atoms with Gasteiger partial charge in [-0.25, -0.2) is 0 Å². The zero-order valence-electron chi connectivity index (χ0n) is 26.0. The third-order valence-corrected chi connectivity index (χ3v) is 14.5. The SMILES string of the molecule is CC1(C)CC[C@]2(C)CC[C@]3(C)C(C=CC4[C@@]5(C)CC(CN6CCOCC6)C(=O)C(C)(C)C5CC[C@]43C)C2C1. The molecule has 5 aliphatic carbocycles. The summed E-state index contributed by atoms with van der Waals surface area (Å²) in [5.41, 5.74) is 1.58. The molecule has 6 aliphatic rings. The third-order valence-electron chi connectivity index (χ3n) is 14.5. The van der Waals surface area contributed by atoms with Crippen molar-refractivity contribution < 1.29 is 9.53 Å². The molecule has 1 heterocycles. The van der Waals surface area contributed by atoms with Crippen molar-refractivity contribution in [2.45, 2.75) is 107 Å². The van der Waals surface area contributed by atoms with Gasteiger partial charge in [0.2, 0.25) is 0 Å². The highest BCUT2D eigenvalue weighted by molar-refractivity contribution is 5.88. The summed E-state index contributed by atoms with van der Waals surface area (Å²) >= 11 is 0. The van der Waals surface area contributed by atoms with E-state index in [1.54, 1.807) is 0 Å². The molecule has 0 amide bonds. The fourth-order valence-corrected chi connectivity index (χ4v) is 12.0. The fraction of sp³-hybridized carbons (Fsp3) is 0.914. The van der Waals surface area contributed by atoms with Gasteiger partial charge >= 0.3 is 0 Å². The number of hydrogen-bond acceptors (Lipinski definition) is 3. The summed E-state index contributed by atoms with van der Waals surface area (Å²) < 4.78 is 5.63. The van der Waals surface area contributed by atoms with Crippen molar-refractivity contribution in [1.29, 1.82) is 0 Å². The van der Waals surface area contributed by atoms with Crippen molar-refractivity contribution in [1.82, 2.24) is 4.90 Å². The van der Waals surface area contributed by atoms with Crippen molar-refractivity contribution >= 4 is 5.78 Å². The van der Waals surface area contributed by atoms with Gasteiger partial charge in [0.15, 0.2) is 0 Å². The second-order valence-electron chi connectivity index (χ2n) is 17.3. The van der Waals surface area contributed by atoms with Gasteiger partial charge in [-0.2, -0.15) is 0 Å². The molecule has 0 aromatic heterocycles. The predicted molar refractivity (Wildman–Crippen MR) is 156 cm³/mol. The Labute approximate surface area is 233 Å². The molecule has 0 spiro atoms. The van der Waals surface area contributed by atoms with Gasteiger partial charge in [0.1, 0.15) is 5.78 Å². The van der Waals surface area contributed by atoms with E-state index >= 15 is 0 Å². The molecule has 0 aromatic rings. The van der Waals surface area contributed by atoms with Gasteiger partial charge in [-0.05, 0) is 102 Å². The van der Waals surface area contributed by atoms with Crippen LogP contribution in [-0.4, -0.2) is 43.5 Å². The summed E-state index contributed by atoms with van der Waals surface area (Å²) in [4.78, 5) is 16.5. The standard InChI is InChI=1S/C35H57NO2/c1-30(2)13-14-32(5)15-16-34(7)25(26(32)22-30)9-10-28-33(6)21-24(23-36-17-19-38-20-18-36)29(37)31(3,4)27(33)11-12-35(28,34)8/h9-10,24-28H,11-23H2,1-8H3/t24?,25?,26?,27?,28?,32-,33+,34-,35-/m1/s1. The van der Waals surface area contributed by atoms with E-state index in [4.69, 9.17) is 4.74 Å². The molecule has 5 unspecified atom stereocenters. The maximum absolute atomic E-state index is 14.0. The molecule has 0 bridgehead atoms. The van der Waals surface area contributed by atoms with Crippen molar-refractivity contribution in [3.63, 3.8) is 0 Å². The number of ether oxygens (including phenoxy) is 1. The number of carbonyl (C=O) groups excluding carboxylic acids is 1. The van der Waals surface area contributed by atoms with Crippen LogP contribution in [0, 0.1) is 62.1 Å². The average molecular weight is 524 g/mol. The lowest BCUT2D eigenvalue weighted by atomic mass is 9.32. The maximum Gasteiger partial charge on any atom is 0.143 e. The number of Topliss-reactive ketones (excluding diaryl/α,β-unsaturated/α-hetero) is 1. The van der Waals surface area contributed by atoms with Gasteiger partial charge in [0.05, 0.1) is 13.2 Å². The minimum atomic E-state index is -0.241. The summed E-state index contributed by atoms with van der Waals surface area (Å²) in [6.07, 6.45) is 16.0. The monoisotopic (exact) mass is 523 g/mol. The number of carbonyl (C=O) groups is 1. The second kappa shape index (κ2) is 8.67. The first kappa shape index (κ1) is 27.5. The summed E-state index contributed by atoms with van der Waals surface area (Å²) in [6.45, 7) is 24.8. The smallest absolute Gasteiger partial charge is 0.143 e. The van der Waals surface area contributed by atoms with Crippen LogP contribution in [0.4, 0.5) is 0 Å². The summed E-state index contributed by atoms with van der Waals surface area (Å²) in [5.74, 6) is 3.24. The van der Waals surface area contributed by atoms with Crippen LogP contribution in [0.15, 0.2) is 12.2 Å². The van der Waals surface area contributed by atoms with E-state index in [0.717, 1.165) is 45.2 Å². The Hall–Kier alpha value is -0.670. The molecule has 0 aromatic carbocycles. The van der Waals surface area contributed by atoms with E-state index in [0.29, 0.717) is 45.2 Å². The minimum absolute atomic E-state index is 0.152. The maximum atomic E-state index is 14.0. The lowest BCUT2D eigenvalue weighted by Crippen LogP contribution is -2.66. The van der Waals surface area contributed by atoms with Gasteiger partial charge in [0, 0.05) is 31.0 Å². The van der Waals surface area contributed by atoms with Crippen molar-refractivity contribution in [2.24, 2.45) is 62.1 Å². The van der Waals surface area contributed by atoms with Gasteiger partial charge in [0.25, 0.3) is 0 Å². The fourth-order valence-electron chi connectivity index (χ4n) is 12.0. The largest absolute Gasteiger partial charge is 0.379 e. The van der Waals surface area contributed by atoms with E-state index < -0.39 is 0 Å². The van der Waals surface area contributed by atoms with Crippen LogP contribution in [0.1, 0.15) is 107 Å². The Bertz CT molecular complexity index is 992. The van der Waals surface area contributed by atoms with Gasteiger partial charge in [-0.1, -0.05) is 67.5 Å². The highest BCUT2D eigenvalue weighted by Crippen LogP contribution is 2.75. The first-order valence-electron chi connectivity index (χ1n) is 16.2. The number of ketones is 1. The Kier molecular flexibility index (Phi) is 6.27. The molecule has 4 saturated carbocycles. The summed E-state index contributed by atoms with van der Waals surface area (Å²) in [6, 6.07) is 0. The van der Waals surface area contributed by atoms with Gasteiger partial charge in [-0.15, -0.1) is 0 Å². The van der Waals surface area contributed by atoms with E-state index in [2.05, 4.69) is 72.4 Å². The Balaban J connectivity index is 1.37. The molecule has 3 heteroatoms. The van der Waals surface area contributed by atoms with Gasteiger partial charge in [-0.3, -0.25) is 9.69 Å². The van der Waals surface area contributed by atoms with Crippen LogP contribution in [0.3, 0.4) is 0 Å². The molecule has 6 rings (SSSR count). The molecule has 9 atom stereocenters. The van der Waals surface area contributed by atoms with Crippen LogP contribution >= 0.6 is 0 Å². The molecular weight excluding hydrogens is 466 g/mol. The predicted octanol–water partition coefficient (Wildman–Crippen LogP) is 7.79. The Morgan fingerprint density at radius 3 is 2.24 bits per heavy atom. The molecule has 0 N–H and O–H groups in total. The van der Waals surface area contributed by atoms with Crippen LogP contribution in [0.25, 0.3) is 0 Å². The first-order valence-corrected chi connectivity index (χ1v) is 16.2. The van der Waals surface area contributed by atoms with E-state index in [9.17, 15) is 4.79 Å². The van der Waals surface area contributed by atoms with Crippen LogP contribution in [0.2, 0.25) is 0 Å². The molecular formula is C35H57NO2. The molecule has 3 nitrogen and oxygen atoms in total. The van der Waals surface area contributed by atoms with Crippen molar-refractivity contribution in [3.05, 3.63) is 12.2 Å². The topological polar surface area (TPSA) is 29.5 Å². The van der Waals surface area contributed by atoms with Crippen molar-refractivity contribution in [3.8, 4) is 0 Å². The highest BCUT2D eigenvalue weighted by Gasteiger charge is 2.69. The zero-order valence-corrected chi connectivity index (χ0v) is 26.0. The second-order valence-corrected chi connectivity index (χ2v) is 17.3. The van der Waals surface area contributed by atoms with E-state index in [1.807, 2.05) is 0 Å². The number of fused-ring (bicyclic) bond motifs is 7. The molecule has 38 heavy (non-hydrogen) atoms. The van der Waals surface area contributed by atoms with E-state index in [1.165, 1.54) is 44.9 Å². The Morgan fingerprint density at radius 2 is 1.53 bits per heavy atom. The minimum Gasteiger partial charge on any atom is -0.379 e. The molecule has 5 fully saturated rings. The lowest BCUT2D eigenvalue weighted by molar-refractivity contribution is -0.208. The normalized spacial score (nSPS) is 51.9. The summed E-state index contributed by atoms with van der Waals surface area (Å²) in [5, 5.41) is 0. The number of morpholine rings is 1. The van der Waals surface area contributed by atoms with Gasteiger partial charge < -0.3 is 4.74 Å². The van der Waals surface area contributed by atoms with Crippen LogP contribution in [-0.2, 0) is 9.53 Å². The molecule has 1 saturated heterocycles. The molecule has 214 valence electrons. The van der Waals surface area contributed by atoms with E-state index in [-0.39, 0.29) is 16.7 Å². The average Bonchev–Trinajstić information content (AvgIpc) is 2.84. The third kappa shape index (κ3) is 3.75. The van der Waals surface area contributed by atoms with Crippen molar-refractivity contribution in [2.75, 3.05) is 32.8 Å².